The lowest BCUT2D eigenvalue weighted by Gasteiger charge is -2.48. The van der Waals surface area contributed by atoms with Crippen LogP contribution in [0, 0.1) is 0 Å². The van der Waals surface area contributed by atoms with E-state index in [-0.39, 0.29) is 18.9 Å². The monoisotopic (exact) mass is 1220 g/mol. The molecule has 0 saturated carbocycles. The van der Waals surface area contributed by atoms with Gasteiger partial charge in [0.05, 0.1) is 38.6 Å². The molecule has 3 fully saturated rings. The maximum atomic E-state index is 13.3. The fraction of sp³-hybridized carbons (Fsp3) is 0.716. The molecule has 0 aromatic carbocycles. The summed E-state index contributed by atoms with van der Waals surface area (Å²) >= 11 is 0. The van der Waals surface area contributed by atoms with Gasteiger partial charge in [-0.1, -0.05) is 187 Å². The highest BCUT2D eigenvalue weighted by molar-refractivity contribution is 5.76. The van der Waals surface area contributed by atoms with Gasteiger partial charge in [0, 0.05) is 6.42 Å². The molecule has 1 amide bonds. The molecule has 0 aromatic heterocycles. The minimum absolute atomic E-state index is 0.215. The Bertz CT molecular complexity index is 1990. The van der Waals surface area contributed by atoms with Gasteiger partial charge in [-0.25, -0.2) is 0 Å². The van der Waals surface area contributed by atoms with E-state index < -0.39 is 124 Å². The Kier molecular flexibility index (Phi) is 43.1. The molecule has 3 aliphatic heterocycles. The predicted molar refractivity (Wildman–Crippen MR) is 332 cm³/mol. The maximum absolute atomic E-state index is 13.3. The minimum Gasteiger partial charge on any atom is -0.394 e. The topological polar surface area (TPSA) is 307 Å². The van der Waals surface area contributed by atoms with Gasteiger partial charge in [0.25, 0.3) is 0 Å². The first-order chi connectivity index (χ1) is 41.8. The van der Waals surface area contributed by atoms with E-state index in [4.69, 9.17) is 28.4 Å². The van der Waals surface area contributed by atoms with Crippen molar-refractivity contribution in [3.05, 3.63) is 109 Å². The summed E-state index contributed by atoms with van der Waals surface area (Å²) in [6, 6.07) is -1.00. The molecule has 0 bridgehead atoms. The molecule has 19 heteroatoms. The van der Waals surface area contributed by atoms with Gasteiger partial charge < -0.3 is 89.9 Å². The predicted octanol–water partition coefficient (Wildman–Crippen LogP) is 7.10. The Morgan fingerprint density at radius 2 is 0.814 bits per heavy atom. The molecule has 3 heterocycles. The quantitative estimate of drug-likeness (QED) is 0.0214. The zero-order valence-electron chi connectivity index (χ0n) is 51.5. The van der Waals surface area contributed by atoms with Crippen molar-refractivity contribution in [3.63, 3.8) is 0 Å². The molecule has 0 spiro atoms. The number of allylic oxidation sites excluding steroid dienone is 17. The van der Waals surface area contributed by atoms with Gasteiger partial charge in [0.1, 0.15) is 73.2 Å². The number of nitrogens with one attached hydrogen (secondary N) is 1. The lowest BCUT2D eigenvalue weighted by molar-refractivity contribution is -0.379. The average molecular weight is 1220 g/mol. The molecule has 3 saturated heterocycles. The third-order valence-corrected chi connectivity index (χ3v) is 15.3. The number of aliphatic hydroxyl groups excluding tert-OH is 11. The molecule has 0 aromatic rings. The molecule has 17 unspecified atom stereocenters. The first-order valence-corrected chi connectivity index (χ1v) is 32.1. The van der Waals surface area contributed by atoms with Crippen LogP contribution in [-0.2, 0) is 33.2 Å². The second-order valence-electron chi connectivity index (χ2n) is 22.5. The Hall–Kier alpha value is -3.55. The van der Waals surface area contributed by atoms with Gasteiger partial charge in [-0.05, 0) is 89.9 Å². The number of aliphatic hydroxyl groups is 11. The third kappa shape index (κ3) is 30.8. The van der Waals surface area contributed by atoms with Crippen molar-refractivity contribution in [1.29, 1.82) is 0 Å². The van der Waals surface area contributed by atoms with Crippen LogP contribution in [0.5, 0.6) is 0 Å². The van der Waals surface area contributed by atoms with Crippen molar-refractivity contribution in [2.24, 2.45) is 0 Å². The van der Waals surface area contributed by atoms with Gasteiger partial charge in [0.15, 0.2) is 18.9 Å². The molecule has 12 N–H and O–H groups in total. The van der Waals surface area contributed by atoms with E-state index in [1.807, 2.05) is 6.08 Å². The standard InChI is InChI=1S/C67H111NO18/c1-3-5-7-9-11-13-15-17-18-19-20-21-22-23-24-25-26-27-28-29-30-31-32-33-35-37-39-41-43-45-55(73)68-50(51(72)44-42-40-38-36-34-16-14-12-10-8-6-4-2)49-81-65-61(79)58(76)63(53(47-70)83-65)86-67-62(80)59(77)64(54(48-71)84-67)85-66-60(78)57(75)56(74)52(46-69)82-66/h5,7,11,13,17-18,20-21,23-24,26-27,29-30,34,36,42,44,50-54,56-67,69-72,74-80H,3-4,6,8-10,12,14-16,19,22,25,28,31-33,35,37-41,43,45-49H2,1-2H3,(H,68,73)/b7-5-,13-11-,18-17-,21-20-,24-23-,27-26-,30-29-,36-34+,44-42+. The Morgan fingerprint density at radius 1 is 0.430 bits per heavy atom. The third-order valence-electron chi connectivity index (χ3n) is 15.3. The van der Waals surface area contributed by atoms with Gasteiger partial charge in [-0.3, -0.25) is 4.79 Å². The summed E-state index contributed by atoms with van der Waals surface area (Å²) in [7, 11) is 0. The highest BCUT2D eigenvalue weighted by Crippen LogP contribution is 2.33. The second-order valence-corrected chi connectivity index (χ2v) is 22.5. The number of carbonyl (C=O) groups is 1. The number of ether oxygens (including phenoxy) is 6. The summed E-state index contributed by atoms with van der Waals surface area (Å²) in [5.41, 5.74) is 0. The lowest BCUT2D eigenvalue weighted by Crippen LogP contribution is -2.66. The van der Waals surface area contributed by atoms with Crippen LogP contribution < -0.4 is 5.32 Å². The maximum Gasteiger partial charge on any atom is 0.220 e. The molecule has 0 aliphatic carbocycles. The molecule has 3 rings (SSSR count). The van der Waals surface area contributed by atoms with E-state index in [0.29, 0.717) is 12.8 Å². The molecule has 0 radical (unpaired) electrons. The molecule has 492 valence electrons. The van der Waals surface area contributed by atoms with E-state index in [1.54, 1.807) is 6.08 Å². The van der Waals surface area contributed by atoms with Crippen LogP contribution in [0.15, 0.2) is 109 Å². The van der Waals surface area contributed by atoms with Gasteiger partial charge >= 0.3 is 0 Å². The highest BCUT2D eigenvalue weighted by Gasteiger charge is 2.53. The molecule has 3 aliphatic rings. The molecular formula is C67H111NO18. The highest BCUT2D eigenvalue weighted by atomic mass is 16.8. The number of carbonyl (C=O) groups excluding carboxylic acids is 1. The lowest BCUT2D eigenvalue weighted by atomic mass is 9.96. The average Bonchev–Trinajstić information content (AvgIpc) is 2.62. The van der Waals surface area contributed by atoms with E-state index in [2.05, 4.69) is 116 Å². The van der Waals surface area contributed by atoms with Crippen LogP contribution in [0.3, 0.4) is 0 Å². The Balaban J connectivity index is 1.43. The summed E-state index contributed by atoms with van der Waals surface area (Å²) in [5.74, 6) is -0.304. The first kappa shape index (κ1) is 76.7. The molecule has 17 atom stereocenters. The van der Waals surface area contributed by atoms with Crippen LogP contribution in [0.1, 0.15) is 174 Å². The van der Waals surface area contributed by atoms with Crippen molar-refractivity contribution < 1.29 is 89.4 Å². The fourth-order valence-corrected chi connectivity index (χ4v) is 10.1. The van der Waals surface area contributed by atoms with Crippen molar-refractivity contribution in [2.75, 3.05) is 26.4 Å². The molecular weight excluding hydrogens is 1110 g/mol. The zero-order valence-corrected chi connectivity index (χ0v) is 51.5. The van der Waals surface area contributed by atoms with Crippen molar-refractivity contribution in [1.82, 2.24) is 5.32 Å². The van der Waals surface area contributed by atoms with Crippen LogP contribution in [-0.4, -0.2) is 193 Å². The van der Waals surface area contributed by atoms with Crippen molar-refractivity contribution in [3.8, 4) is 0 Å². The van der Waals surface area contributed by atoms with Gasteiger partial charge in [-0.2, -0.15) is 0 Å². The smallest absolute Gasteiger partial charge is 0.220 e. The van der Waals surface area contributed by atoms with Gasteiger partial charge in [0.2, 0.25) is 5.91 Å². The van der Waals surface area contributed by atoms with E-state index in [1.165, 1.54) is 32.1 Å². The Morgan fingerprint density at radius 3 is 1.30 bits per heavy atom. The Labute approximate surface area is 513 Å². The summed E-state index contributed by atoms with van der Waals surface area (Å²) < 4.78 is 34.2. The number of rotatable bonds is 46. The van der Waals surface area contributed by atoms with Crippen LogP contribution in [0.25, 0.3) is 0 Å². The number of hydrogen-bond donors (Lipinski definition) is 12. The largest absolute Gasteiger partial charge is 0.394 e. The number of hydrogen-bond acceptors (Lipinski definition) is 18. The van der Waals surface area contributed by atoms with Crippen LogP contribution in [0.4, 0.5) is 0 Å². The van der Waals surface area contributed by atoms with E-state index in [0.717, 1.165) is 109 Å². The normalized spacial score (nSPS) is 29.5. The number of unbranched alkanes of at least 4 members (excludes halogenated alkanes) is 14. The van der Waals surface area contributed by atoms with Crippen LogP contribution >= 0.6 is 0 Å². The second kappa shape index (κ2) is 48.3. The summed E-state index contributed by atoms with van der Waals surface area (Å²) in [6.07, 6.45) is 36.4. The van der Waals surface area contributed by atoms with Crippen molar-refractivity contribution in [2.45, 2.75) is 279 Å². The van der Waals surface area contributed by atoms with E-state index in [9.17, 15) is 61.0 Å². The fourth-order valence-electron chi connectivity index (χ4n) is 10.1. The SMILES string of the molecule is CC/C=C\C/C=C\C/C=C\C/C=C\C/C=C\C/C=C\C/C=C\CCCCCCCCCC(=O)NC(COC1OC(CO)C(OC2OC(CO)C(OC3OC(CO)C(O)C(O)C3O)C(O)C2O)C(O)C1O)C(O)/C=C/CC/C=C/CCCCCCCC. The van der Waals surface area contributed by atoms with Gasteiger partial charge in [-0.15, -0.1) is 0 Å². The first-order valence-electron chi connectivity index (χ1n) is 32.1. The molecule has 19 nitrogen and oxygen atoms in total. The van der Waals surface area contributed by atoms with Crippen LogP contribution in [0.2, 0.25) is 0 Å². The summed E-state index contributed by atoms with van der Waals surface area (Å²) in [5, 5.41) is 120. The van der Waals surface area contributed by atoms with E-state index >= 15 is 0 Å². The number of amides is 1. The summed E-state index contributed by atoms with van der Waals surface area (Å²) in [6.45, 7) is 1.53. The minimum atomic E-state index is -1.99. The summed E-state index contributed by atoms with van der Waals surface area (Å²) in [4.78, 5) is 13.3. The van der Waals surface area contributed by atoms with Crippen molar-refractivity contribution >= 4 is 5.91 Å². The zero-order chi connectivity index (χ0) is 62.6. The molecule has 86 heavy (non-hydrogen) atoms.